The summed E-state index contributed by atoms with van der Waals surface area (Å²) < 4.78 is 1.90. The Labute approximate surface area is 146 Å². The molecule has 4 rings (SSSR count). The molecule has 0 aliphatic carbocycles. The van der Waals surface area contributed by atoms with Crippen LogP contribution in [-0.2, 0) is 0 Å². The van der Waals surface area contributed by atoms with E-state index in [1.807, 2.05) is 59.2 Å². The summed E-state index contributed by atoms with van der Waals surface area (Å²) in [4.78, 5) is 17.6. The van der Waals surface area contributed by atoms with Crippen LogP contribution in [0.2, 0.25) is 0 Å². The molecule has 2 heterocycles. The monoisotopic (exact) mass is 337 g/mol. The summed E-state index contributed by atoms with van der Waals surface area (Å²) in [7, 11) is 0. The second kappa shape index (κ2) is 6.86. The smallest absolute Gasteiger partial charge is 0.326 e. The van der Waals surface area contributed by atoms with Gasteiger partial charge in [0.15, 0.2) is 0 Å². The fraction of sp³-hybridized carbons (Fsp3) is 0.350. The summed E-state index contributed by atoms with van der Waals surface area (Å²) in [5.74, 6) is 0. The van der Waals surface area contributed by atoms with Crippen molar-refractivity contribution in [3.63, 3.8) is 0 Å². The molecular formula is C20H23N3O2. The summed E-state index contributed by atoms with van der Waals surface area (Å²) in [6.45, 7) is 2.42. The van der Waals surface area contributed by atoms with Gasteiger partial charge in [-0.2, -0.15) is 0 Å². The highest BCUT2D eigenvalue weighted by atomic mass is 16.3. The molecule has 0 bridgehead atoms. The number of para-hydroxylation sites is 2. The highest BCUT2D eigenvalue weighted by molar-refractivity contribution is 5.75. The summed E-state index contributed by atoms with van der Waals surface area (Å²) >= 11 is 0. The van der Waals surface area contributed by atoms with Crippen molar-refractivity contribution in [1.29, 1.82) is 0 Å². The van der Waals surface area contributed by atoms with Crippen LogP contribution in [0, 0.1) is 0 Å². The molecule has 2 aromatic carbocycles. The number of likely N-dealkylation sites (tertiary alicyclic amines) is 1. The van der Waals surface area contributed by atoms with E-state index in [1.165, 1.54) is 0 Å². The van der Waals surface area contributed by atoms with Gasteiger partial charge >= 0.3 is 5.69 Å². The number of H-pyrrole nitrogens is 1. The van der Waals surface area contributed by atoms with Crippen molar-refractivity contribution in [2.45, 2.75) is 25.0 Å². The topological polar surface area (TPSA) is 61.3 Å². The first-order chi connectivity index (χ1) is 12.2. The van der Waals surface area contributed by atoms with E-state index in [0.29, 0.717) is 6.54 Å². The SMILES string of the molecule is O=c1[nH]c2ccccc2n1C1CCN(CC(O)c2ccccc2)CC1. The molecule has 1 fully saturated rings. The zero-order valence-electron chi connectivity index (χ0n) is 14.1. The number of hydrogen-bond donors (Lipinski definition) is 2. The second-order valence-corrected chi connectivity index (χ2v) is 6.78. The van der Waals surface area contributed by atoms with E-state index in [9.17, 15) is 9.90 Å². The molecule has 3 aromatic rings. The van der Waals surface area contributed by atoms with Gasteiger partial charge in [0.2, 0.25) is 0 Å². The van der Waals surface area contributed by atoms with Gasteiger partial charge in [0.05, 0.1) is 17.1 Å². The summed E-state index contributed by atoms with van der Waals surface area (Å²) in [5, 5.41) is 10.4. The first-order valence-electron chi connectivity index (χ1n) is 8.87. The fourth-order valence-electron chi connectivity index (χ4n) is 3.82. The van der Waals surface area contributed by atoms with Gasteiger partial charge in [0, 0.05) is 25.7 Å². The largest absolute Gasteiger partial charge is 0.387 e. The van der Waals surface area contributed by atoms with E-state index >= 15 is 0 Å². The molecule has 5 heteroatoms. The van der Waals surface area contributed by atoms with Crippen LogP contribution in [0.3, 0.4) is 0 Å². The molecule has 2 N–H and O–H groups in total. The van der Waals surface area contributed by atoms with Crippen molar-refractivity contribution >= 4 is 11.0 Å². The minimum Gasteiger partial charge on any atom is -0.387 e. The van der Waals surface area contributed by atoms with Crippen molar-refractivity contribution in [2.75, 3.05) is 19.6 Å². The first kappa shape index (κ1) is 16.1. The summed E-state index contributed by atoms with van der Waals surface area (Å²) in [6.07, 6.45) is 1.38. The van der Waals surface area contributed by atoms with E-state index in [2.05, 4.69) is 9.88 Å². The van der Waals surface area contributed by atoms with Crippen LogP contribution in [0.5, 0.6) is 0 Å². The van der Waals surface area contributed by atoms with Crippen LogP contribution in [-0.4, -0.2) is 39.2 Å². The van der Waals surface area contributed by atoms with Crippen molar-refractivity contribution in [1.82, 2.24) is 14.5 Å². The van der Waals surface area contributed by atoms with Gasteiger partial charge in [0.1, 0.15) is 0 Å². The predicted molar refractivity (Wildman–Crippen MR) is 98.7 cm³/mol. The number of benzene rings is 2. The molecule has 0 saturated carbocycles. The van der Waals surface area contributed by atoms with Crippen molar-refractivity contribution in [3.05, 3.63) is 70.6 Å². The minimum absolute atomic E-state index is 0.0241. The number of rotatable bonds is 4. The molecule has 1 unspecified atom stereocenters. The van der Waals surface area contributed by atoms with Crippen molar-refractivity contribution < 1.29 is 5.11 Å². The number of aromatic amines is 1. The Morgan fingerprint density at radius 2 is 1.72 bits per heavy atom. The normalized spacial score (nSPS) is 17.8. The maximum Gasteiger partial charge on any atom is 0.326 e. The Balaban J connectivity index is 1.43. The van der Waals surface area contributed by atoms with Crippen LogP contribution in [0.1, 0.15) is 30.6 Å². The third kappa shape index (κ3) is 3.25. The molecule has 0 radical (unpaired) electrons. The zero-order valence-corrected chi connectivity index (χ0v) is 14.1. The number of aliphatic hydroxyl groups is 1. The van der Waals surface area contributed by atoms with Crippen molar-refractivity contribution in [2.24, 2.45) is 0 Å². The predicted octanol–water partition coefficient (Wildman–Crippen LogP) is 2.70. The molecule has 1 aliphatic heterocycles. The number of fused-ring (bicyclic) bond motifs is 1. The number of nitrogens with zero attached hydrogens (tertiary/aromatic N) is 2. The van der Waals surface area contributed by atoms with Crippen LogP contribution in [0.4, 0.5) is 0 Å². The second-order valence-electron chi connectivity index (χ2n) is 6.78. The number of piperidine rings is 1. The van der Waals surface area contributed by atoms with Crippen LogP contribution < -0.4 is 5.69 Å². The molecule has 1 aromatic heterocycles. The van der Waals surface area contributed by atoms with Gasteiger partial charge in [-0.1, -0.05) is 42.5 Å². The van der Waals surface area contributed by atoms with Gasteiger partial charge in [0.25, 0.3) is 0 Å². The highest BCUT2D eigenvalue weighted by Gasteiger charge is 2.24. The van der Waals surface area contributed by atoms with Crippen molar-refractivity contribution in [3.8, 4) is 0 Å². The Hall–Kier alpha value is -2.37. The molecule has 1 atom stereocenters. The van der Waals surface area contributed by atoms with Gasteiger partial charge in [-0.3, -0.25) is 4.57 Å². The zero-order chi connectivity index (χ0) is 17.2. The number of hydrogen-bond acceptors (Lipinski definition) is 3. The molecule has 25 heavy (non-hydrogen) atoms. The summed E-state index contributed by atoms with van der Waals surface area (Å²) in [6, 6.07) is 17.9. The third-order valence-electron chi connectivity index (χ3n) is 5.16. The van der Waals surface area contributed by atoms with E-state index < -0.39 is 6.10 Å². The minimum atomic E-state index is -0.464. The quantitative estimate of drug-likeness (QED) is 0.769. The van der Waals surface area contributed by atoms with Crippen LogP contribution in [0.25, 0.3) is 11.0 Å². The van der Waals surface area contributed by atoms with Gasteiger partial charge in [-0.05, 0) is 30.5 Å². The maximum atomic E-state index is 12.3. The lowest BCUT2D eigenvalue weighted by molar-refractivity contribution is 0.0907. The summed E-state index contributed by atoms with van der Waals surface area (Å²) in [5.41, 5.74) is 2.81. The van der Waals surface area contributed by atoms with Crippen LogP contribution >= 0.6 is 0 Å². The van der Waals surface area contributed by atoms with E-state index in [0.717, 1.165) is 42.5 Å². The highest BCUT2D eigenvalue weighted by Crippen LogP contribution is 2.26. The van der Waals surface area contributed by atoms with Gasteiger partial charge in [-0.25, -0.2) is 4.79 Å². The van der Waals surface area contributed by atoms with E-state index in [-0.39, 0.29) is 11.7 Å². The molecule has 0 spiro atoms. The Morgan fingerprint density at radius 1 is 1.04 bits per heavy atom. The fourth-order valence-corrected chi connectivity index (χ4v) is 3.82. The molecule has 130 valence electrons. The lowest BCUT2D eigenvalue weighted by Crippen LogP contribution is -2.39. The third-order valence-corrected chi connectivity index (χ3v) is 5.16. The molecule has 1 saturated heterocycles. The Morgan fingerprint density at radius 3 is 2.48 bits per heavy atom. The Kier molecular flexibility index (Phi) is 4.42. The van der Waals surface area contributed by atoms with Gasteiger partial charge < -0.3 is 15.0 Å². The lowest BCUT2D eigenvalue weighted by Gasteiger charge is -2.33. The molecule has 5 nitrogen and oxygen atoms in total. The number of β-amino-alcohol motifs (C(OH)–C–C–N with tert-alkyl or cyclic N) is 1. The van der Waals surface area contributed by atoms with E-state index in [4.69, 9.17) is 0 Å². The molecule has 1 aliphatic rings. The lowest BCUT2D eigenvalue weighted by atomic mass is 10.0. The first-order valence-corrected chi connectivity index (χ1v) is 8.87. The molecular weight excluding hydrogens is 314 g/mol. The average Bonchev–Trinajstić information content (AvgIpc) is 2.99. The number of aliphatic hydroxyl groups excluding tert-OH is 1. The van der Waals surface area contributed by atoms with Crippen LogP contribution in [0.15, 0.2) is 59.4 Å². The van der Waals surface area contributed by atoms with Gasteiger partial charge in [-0.15, -0.1) is 0 Å². The number of imidazole rings is 1. The number of aromatic nitrogens is 2. The molecule has 0 amide bonds. The average molecular weight is 337 g/mol. The van der Waals surface area contributed by atoms with E-state index in [1.54, 1.807) is 0 Å². The Bertz CT molecular complexity index is 892. The number of nitrogens with one attached hydrogen (secondary N) is 1. The standard InChI is InChI=1S/C20H23N3O2/c24-19(15-6-2-1-3-7-15)14-22-12-10-16(11-13-22)23-18-9-5-4-8-17(18)21-20(23)25/h1-9,16,19,24H,10-14H2,(H,21,25). The maximum absolute atomic E-state index is 12.3.